The summed E-state index contributed by atoms with van der Waals surface area (Å²) in [5, 5.41) is 8.69. The summed E-state index contributed by atoms with van der Waals surface area (Å²) in [6.45, 7) is 2.21. The van der Waals surface area contributed by atoms with Crippen LogP contribution in [-0.4, -0.2) is 38.0 Å². The molecule has 1 fully saturated rings. The Morgan fingerprint density at radius 2 is 2.10 bits per heavy atom. The third kappa shape index (κ3) is 3.40. The van der Waals surface area contributed by atoms with Crippen LogP contribution in [0.5, 0.6) is 0 Å². The Kier molecular flexibility index (Phi) is 4.48. The van der Waals surface area contributed by atoms with Crippen LogP contribution in [0.25, 0.3) is 0 Å². The third-order valence-corrected chi connectivity index (χ3v) is 5.24. The van der Waals surface area contributed by atoms with Gasteiger partial charge in [-0.1, -0.05) is 11.8 Å². The molecule has 4 nitrogen and oxygen atoms in total. The van der Waals surface area contributed by atoms with Crippen molar-refractivity contribution in [1.29, 1.82) is 0 Å². The highest BCUT2D eigenvalue weighted by molar-refractivity contribution is 7.89. The number of benzene rings is 1. The van der Waals surface area contributed by atoms with Gasteiger partial charge in [-0.25, -0.2) is 12.7 Å². The van der Waals surface area contributed by atoms with Crippen LogP contribution in [-0.2, 0) is 10.0 Å². The predicted octanol–water partition coefficient (Wildman–Crippen LogP) is 1.37. The van der Waals surface area contributed by atoms with Gasteiger partial charge in [0.15, 0.2) is 0 Å². The maximum absolute atomic E-state index is 12.4. The van der Waals surface area contributed by atoms with Gasteiger partial charge >= 0.3 is 0 Å². The first-order valence-corrected chi connectivity index (χ1v) is 8.06. The molecule has 0 amide bonds. The van der Waals surface area contributed by atoms with Crippen molar-refractivity contribution in [3.8, 4) is 11.8 Å². The molecule has 1 aromatic rings. The summed E-state index contributed by atoms with van der Waals surface area (Å²) < 4.78 is 26.3. The zero-order chi connectivity index (χ0) is 14.8. The number of sulfonamides is 1. The number of nitrogens with zero attached hydrogens (tertiary/aromatic N) is 1. The van der Waals surface area contributed by atoms with Gasteiger partial charge in [0.2, 0.25) is 10.0 Å². The molecule has 0 spiro atoms. The summed E-state index contributed by atoms with van der Waals surface area (Å²) >= 11 is 0. The Bertz CT molecular complexity index is 651. The molecule has 0 bridgehead atoms. The molecular weight excluding hydrogens is 274 g/mol. The Morgan fingerprint density at radius 3 is 2.65 bits per heavy atom. The van der Waals surface area contributed by atoms with Gasteiger partial charge in [0.1, 0.15) is 6.61 Å². The van der Waals surface area contributed by atoms with E-state index in [1.165, 1.54) is 4.31 Å². The minimum absolute atomic E-state index is 0.205. The fourth-order valence-electron chi connectivity index (χ4n) is 2.01. The molecule has 20 heavy (non-hydrogen) atoms. The van der Waals surface area contributed by atoms with Crippen LogP contribution in [0, 0.1) is 24.7 Å². The lowest BCUT2D eigenvalue weighted by atomic mass is 10.1. The van der Waals surface area contributed by atoms with Gasteiger partial charge in [0.05, 0.1) is 4.90 Å². The fraction of sp³-hybridized carbons (Fsp3) is 0.467. The number of hydrogen-bond acceptors (Lipinski definition) is 3. The summed E-state index contributed by atoms with van der Waals surface area (Å²) in [5.74, 6) is 5.89. The fourth-order valence-corrected chi connectivity index (χ4v) is 3.35. The van der Waals surface area contributed by atoms with Crippen molar-refractivity contribution in [2.24, 2.45) is 5.92 Å². The molecule has 0 atom stereocenters. The molecule has 0 saturated heterocycles. The van der Waals surface area contributed by atoms with E-state index in [4.69, 9.17) is 5.11 Å². The molecule has 1 saturated carbocycles. The SMILES string of the molecule is Cc1cc(S(=O)(=O)N(C)CC2CC2)ccc1C#CCO. The normalized spacial score (nSPS) is 15.0. The van der Waals surface area contributed by atoms with E-state index in [9.17, 15) is 8.42 Å². The second-order valence-corrected chi connectivity index (χ2v) is 7.21. The second kappa shape index (κ2) is 5.96. The van der Waals surface area contributed by atoms with E-state index in [1.807, 2.05) is 6.92 Å². The number of aryl methyl sites for hydroxylation is 1. The van der Waals surface area contributed by atoms with Gasteiger partial charge in [-0.2, -0.15) is 0 Å². The van der Waals surface area contributed by atoms with E-state index >= 15 is 0 Å². The van der Waals surface area contributed by atoms with Crippen LogP contribution >= 0.6 is 0 Å². The van der Waals surface area contributed by atoms with Crippen LogP contribution < -0.4 is 0 Å². The Balaban J connectivity index is 2.25. The summed E-state index contributed by atoms with van der Waals surface area (Å²) in [7, 11) is -1.79. The number of rotatable bonds is 4. The van der Waals surface area contributed by atoms with Crippen molar-refractivity contribution in [1.82, 2.24) is 4.31 Å². The minimum Gasteiger partial charge on any atom is -0.384 e. The highest BCUT2D eigenvalue weighted by Gasteiger charge is 2.29. The molecule has 1 N–H and O–H groups in total. The van der Waals surface area contributed by atoms with Crippen LogP contribution in [0.2, 0.25) is 0 Å². The van der Waals surface area contributed by atoms with Crippen LogP contribution in [0.3, 0.4) is 0 Å². The standard InChI is InChI=1S/C15H19NO3S/c1-12-10-15(8-7-14(12)4-3-9-17)20(18,19)16(2)11-13-5-6-13/h7-8,10,13,17H,5-6,9,11H2,1-2H3. The molecule has 1 aromatic carbocycles. The molecule has 1 aliphatic rings. The van der Waals surface area contributed by atoms with Crippen molar-refractivity contribution in [3.05, 3.63) is 29.3 Å². The van der Waals surface area contributed by atoms with Crippen molar-refractivity contribution in [3.63, 3.8) is 0 Å². The highest BCUT2D eigenvalue weighted by Crippen LogP contribution is 2.31. The van der Waals surface area contributed by atoms with Crippen LogP contribution in [0.15, 0.2) is 23.1 Å². The molecule has 5 heteroatoms. The van der Waals surface area contributed by atoms with Gasteiger partial charge in [-0.15, -0.1) is 0 Å². The monoisotopic (exact) mass is 293 g/mol. The molecule has 2 rings (SSSR count). The first-order chi connectivity index (χ1) is 9.45. The lowest BCUT2D eigenvalue weighted by Crippen LogP contribution is -2.29. The van der Waals surface area contributed by atoms with E-state index in [-0.39, 0.29) is 6.61 Å². The van der Waals surface area contributed by atoms with Crippen molar-refractivity contribution >= 4 is 10.0 Å². The summed E-state index contributed by atoms with van der Waals surface area (Å²) in [4.78, 5) is 0.299. The maximum Gasteiger partial charge on any atom is 0.242 e. The van der Waals surface area contributed by atoms with Crippen molar-refractivity contribution in [2.75, 3.05) is 20.2 Å². The van der Waals surface area contributed by atoms with E-state index in [0.717, 1.165) is 24.0 Å². The quantitative estimate of drug-likeness (QED) is 0.853. The molecule has 108 valence electrons. The smallest absolute Gasteiger partial charge is 0.242 e. The number of hydrogen-bond donors (Lipinski definition) is 1. The predicted molar refractivity (Wildman–Crippen MR) is 77.7 cm³/mol. The van der Waals surface area contributed by atoms with Crippen LogP contribution in [0.4, 0.5) is 0 Å². The van der Waals surface area contributed by atoms with Gasteiger partial charge < -0.3 is 5.11 Å². The summed E-state index contributed by atoms with van der Waals surface area (Å²) in [6.07, 6.45) is 2.24. The Morgan fingerprint density at radius 1 is 1.40 bits per heavy atom. The van der Waals surface area contributed by atoms with Crippen LogP contribution in [0.1, 0.15) is 24.0 Å². The average molecular weight is 293 g/mol. The largest absolute Gasteiger partial charge is 0.384 e. The molecule has 1 aliphatic carbocycles. The molecular formula is C15H19NO3S. The van der Waals surface area contributed by atoms with Gasteiger partial charge in [0, 0.05) is 19.2 Å². The molecule has 0 unspecified atom stereocenters. The summed E-state index contributed by atoms with van der Waals surface area (Å²) in [6, 6.07) is 4.91. The van der Waals surface area contributed by atoms with Gasteiger partial charge in [-0.3, -0.25) is 0 Å². The van der Waals surface area contributed by atoms with E-state index in [0.29, 0.717) is 17.4 Å². The first-order valence-electron chi connectivity index (χ1n) is 6.62. The van der Waals surface area contributed by atoms with Gasteiger partial charge in [0.25, 0.3) is 0 Å². The number of aliphatic hydroxyl groups excluding tert-OH is 1. The highest BCUT2D eigenvalue weighted by atomic mass is 32.2. The van der Waals surface area contributed by atoms with E-state index < -0.39 is 10.0 Å². The topological polar surface area (TPSA) is 57.6 Å². The van der Waals surface area contributed by atoms with Crippen molar-refractivity contribution < 1.29 is 13.5 Å². The van der Waals surface area contributed by atoms with Crippen molar-refractivity contribution in [2.45, 2.75) is 24.7 Å². The average Bonchev–Trinajstić information content (AvgIpc) is 3.21. The third-order valence-electron chi connectivity index (χ3n) is 3.42. The first kappa shape index (κ1) is 15.0. The Hall–Kier alpha value is -1.35. The Labute approximate surface area is 120 Å². The summed E-state index contributed by atoms with van der Waals surface area (Å²) in [5.41, 5.74) is 1.54. The lowest BCUT2D eigenvalue weighted by Gasteiger charge is -2.17. The number of aliphatic hydroxyl groups is 1. The lowest BCUT2D eigenvalue weighted by molar-refractivity contribution is 0.350. The zero-order valence-electron chi connectivity index (χ0n) is 11.8. The molecule has 0 aliphatic heterocycles. The van der Waals surface area contributed by atoms with Gasteiger partial charge in [-0.05, 0) is 49.4 Å². The zero-order valence-corrected chi connectivity index (χ0v) is 12.6. The maximum atomic E-state index is 12.4. The second-order valence-electron chi connectivity index (χ2n) is 5.17. The van der Waals surface area contributed by atoms with E-state index in [1.54, 1.807) is 25.2 Å². The molecule has 0 aromatic heterocycles. The minimum atomic E-state index is -3.42. The van der Waals surface area contributed by atoms with E-state index in [2.05, 4.69) is 11.8 Å². The molecule has 0 radical (unpaired) electrons. The molecule has 0 heterocycles.